The molecule has 0 aliphatic carbocycles. The number of nitrogens with zero attached hydrogens (tertiary/aromatic N) is 4. The maximum absolute atomic E-state index is 5.20. The van der Waals surface area contributed by atoms with E-state index in [9.17, 15) is 0 Å². The standard InChI is InChI=1S/C18H19N5O2/c1-24-17(25-2)12-21-16-9-15(13-5-3-7-19-10-13)22-18(23-16)14-6-4-8-20-11-14/h3-11,17H,12H2,1-2H3,(H,21,22,23). The number of aromatic nitrogens is 4. The summed E-state index contributed by atoms with van der Waals surface area (Å²) in [5, 5.41) is 3.22. The Morgan fingerprint density at radius 1 is 0.960 bits per heavy atom. The molecule has 0 atom stereocenters. The third-order valence-corrected chi connectivity index (χ3v) is 3.58. The highest BCUT2D eigenvalue weighted by atomic mass is 16.7. The molecule has 0 aromatic carbocycles. The SMILES string of the molecule is COC(CNc1cc(-c2cccnc2)nc(-c2cccnc2)n1)OC. The Labute approximate surface area is 146 Å². The minimum absolute atomic E-state index is 0.362. The van der Waals surface area contributed by atoms with Gasteiger partial charge in [0.2, 0.25) is 0 Å². The van der Waals surface area contributed by atoms with E-state index in [0.717, 1.165) is 16.8 Å². The second kappa shape index (κ2) is 8.27. The second-order valence-corrected chi connectivity index (χ2v) is 5.23. The summed E-state index contributed by atoms with van der Waals surface area (Å²) in [6.07, 6.45) is 6.59. The van der Waals surface area contributed by atoms with Gasteiger partial charge in [0, 0.05) is 56.2 Å². The van der Waals surface area contributed by atoms with Crippen LogP contribution in [0.5, 0.6) is 0 Å². The van der Waals surface area contributed by atoms with Gasteiger partial charge in [-0.1, -0.05) is 0 Å². The van der Waals surface area contributed by atoms with Crippen LogP contribution in [0.25, 0.3) is 22.6 Å². The molecule has 0 fully saturated rings. The fraction of sp³-hybridized carbons (Fsp3) is 0.222. The summed E-state index contributed by atoms with van der Waals surface area (Å²) >= 11 is 0. The molecule has 7 nitrogen and oxygen atoms in total. The lowest BCUT2D eigenvalue weighted by atomic mass is 10.2. The Balaban J connectivity index is 1.97. The van der Waals surface area contributed by atoms with E-state index < -0.39 is 0 Å². The Kier molecular flexibility index (Phi) is 5.61. The molecule has 3 rings (SSSR count). The lowest BCUT2D eigenvalue weighted by Gasteiger charge is -2.15. The fourth-order valence-corrected chi connectivity index (χ4v) is 2.27. The molecule has 0 bridgehead atoms. The molecule has 0 unspecified atom stereocenters. The highest BCUT2D eigenvalue weighted by Crippen LogP contribution is 2.23. The first-order valence-corrected chi connectivity index (χ1v) is 7.79. The van der Waals surface area contributed by atoms with Crippen molar-refractivity contribution in [1.29, 1.82) is 0 Å². The van der Waals surface area contributed by atoms with E-state index in [4.69, 9.17) is 9.47 Å². The van der Waals surface area contributed by atoms with Crippen LogP contribution < -0.4 is 5.32 Å². The van der Waals surface area contributed by atoms with Crippen LogP contribution in [0.1, 0.15) is 0 Å². The van der Waals surface area contributed by atoms with E-state index in [1.54, 1.807) is 39.0 Å². The molecular weight excluding hydrogens is 318 g/mol. The highest BCUT2D eigenvalue weighted by molar-refractivity contribution is 5.66. The number of pyridine rings is 2. The summed E-state index contributed by atoms with van der Waals surface area (Å²) in [5.41, 5.74) is 2.52. The molecule has 0 aliphatic rings. The smallest absolute Gasteiger partial charge is 0.173 e. The van der Waals surface area contributed by atoms with Gasteiger partial charge in [-0.2, -0.15) is 0 Å². The van der Waals surface area contributed by atoms with Crippen LogP contribution in [0.4, 0.5) is 5.82 Å². The number of ether oxygens (including phenoxy) is 2. The molecule has 128 valence electrons. The number of methoxy groups -OCH3 is 2. The van der Waals surface area contributed by atoms with Crippen LogP contribution in [0.3, 0.4) is 0 Å². The maximum atomic E-state index is 5.20. The molecular formula is C18H19N5O2. The molecule has 3 heterocycles. The largest absolute Gasteiger partial charge is 0.365 e. The van der Waals surface area contributed by atoms with Gasteiger partial charge >= 0.3 is 0 Å². The van der Waals surface area contributed by atoms with Crippen LogP contribution >= 0.6 is 0 Å². The van der Waals surface area contributed by atoms with E-state index in [0.29, 0.717) is 18.2 Å². The van der Waals surface area contributed by atoms with Gasteiger partial charge in [0.1, 0.15) is 5.82 Å². The Hall–Kier alpha value is -2.90. The molecule has 1 N–H and O–H groups in total. The second-order valence-electron chi connectivity index (χ2n) is 5.23. The normalized spacial score (nSPS) is 10.8. The van der Waals surface area contributed by atoms with E-state index in [-0.39, 0.29) is 6.29 Å². The van der Waals surface area contributed by atoms with Crippen molar-refractivity contribution in [2.75, 3.05) is 26.1 Å². The fourth-order valence-electron chi connectivity index (χ4n) is 2.27. The quantitative estimate of drug-likeness (QED) is 0.664. The lowest BCUT2D eigenvalue weighted by molar-refractivity contribution is -0.0914. The first-order chi connectivity index (χ1) is 12.3. The first-order valence-electron chi connectivity index (χ1n) is 7.79. The number of hydrogen-bond donors (Lipinski definition) is 1. The first kappa shape index (κ1) is 16.9. The van der Waals surface area contributed by atoms with Gasteiger partial charge in [0.15, 0.2) is 12.1 Å². The average molecular weight is 337 g/mol. The molecule has 0 radical (unpaired) electrons. The van der Waals surface area contributed by atoms with Crippen molar-refractivity contribution in [3.8, 4) is 22.6 Å². The van der Waals surface area contributed by atoms with Crippen LogP contribution in [-0.2, 0) is 9.47 Å². The number of rotatable bonds is 7. The molecule has 0 amide bonds. The summed E-state index contributed by atoms with van der Waals surface area (Å²) in [6, 6.07) is 9.49. The van der Waals surface area contributed by atoms with E-state index in [2.05, 4.69) is 25.3 Å². The van der Waals surface area contributed by atoms with Gasteiger partial charge < -0.3 is 14.8 Å². The Morgan fingerprint density at radius 3 is 2.24 bits per heavy atom. The minimum atomic E-state index is -0.362. The van der Waals surface area contributed by atoms with Gasteiger partial charge in [-0.25, -0.2) is 9.97 Å². The lowest BCUT2D eigenvalue weighted by Crippen LogP contribution is -2.24. The Morgan fingerprint density at radius 2 is 1.64 bits per heavy atom. The summed E-state index contributed by atoms with van der Waals surface area (Å²) < 4.78 is 10.4. The molecule has 7 heteroatoms. The number of nitrogens with one attached hydrogen (secondary N) is 1. The van der Waals surface area contributed by atoms with Crippen molar-refractivity contribution in [2.24, 2.45) is 0 Å². The average Bonchev–Trinajstić information content (AvgIpc) is 2.70. The zero-order chi connectivity index (χ0) is 17.5. The van der Waals surface area contributed by atoms with E-state index >= 15 is 0 Å². The van der Waals surface area contributed by atoms with E-state index in [1.807, 2.05) is 30.3 Å². The van der Waals surface area contributed by atoms with Gasteiger partial charge in [0.05, 0.1) is 12.2 Å². The molecule has 3 aromatic heterocycles. The molecule has 25 heavy (non-hydrogen) atoms. The predicted molar refractivity (Wildman–Crippen MR) is 94.8 cm³/mol. The van der Waals surface area contributed by atoms with Crippen molar-refractivity contribution < 1.29 is 9.47 Å². The topological polar surface area (TPSA) is 82.0 Å². The molecule has 0 saturated heterocycles. The summed E-state index contributed by atoms with van der Waals surface area (Å²) in [7, 11) is 3.19. The Bertz CT molecular complexity index is 737. The number of anilines is 1. The van der Waals surface area contributed by atoms with Crippen molar-refractivity contribution in [3.63, 3.8) is 0 Å². The molecule has 3 aromatic rings. The summed E-state index contributed by atoms with van der Waals surface area (Å²) in [5.74, 6) is 1.26. The monoisotopic (exact) mass is 337 g/mol. The zero-order valence-corrected chi connectivity index (χ0v) is 14.1. The third kappa shape index (κ3) is 4.34. The summed E-state index contributed by atoms with van der Waals surface area (Å²) in [4.78, 5) is 17.5. The van der Waals surface area contributed by atoms with Crippen LogP contribution in [0, 0.1) is 0 Å². The minimum Gasteiger partial charge on any atom is -0.365 e. The van der Waals surface area contributed by atoms with Gasteiger partial charge in [-0.15, -0.1) is 0 Å². The van der Waals surface area contributed by atoms with Crippen molar-refractivity contribution in [2.45, 2.75) is 6.29 Å². The van der Waals surface area contributed by atoms with E-state index in [1.165, 1.54) is 0 Å². The third-order valence-electron chi connectivity index (χ3n) is 3.58. The van der Waals surface area contributed by atoms with Crippen LogP contribution in [0.2, 0.25) is 0 Å². The maximum Gasteiger partial charge on any atom is 0.173 e. The van der Waals surface area contributed by atoms with Crippen LogP contribution in [0.15, 0.2) is 55.1 Å². The predicted octanol–water partition coefficient (Wildman–Crippen LogP) is 2.63. The molecule has 0 spiro atoms. The van der Waals surface area contributed by atoms with Gasteiger partial charge in [0.25, 0.3) is 0 Å². The summed E-state index contributed by atoms with van der Waals surface area (Å²) in [6.45, 7) is 0.461. The zero-order valence-electron chi connectivity index (χ0n) is 14.1. The van der Waals surface area contributed by atoms with Gasteiger partial charge in [-0.05, 0) is 24.3 Å². The molecule has 0 aliphatic heterocycles. The highest BCUT2D eigenvalue weighted by Gasteiger charge is 2.11. The van der Waals surface area contributed by atoms with Crippen molar-refractivity contribution in [1.82, 2.24) is 19.9 Å². The molecule has 0 saturated carbocycles. The van der Waals surface area contributed by atoms with Gasteiger partial charge in [-0.3, -0.25) is 9.97 Å². The van der Waals surface area contributed by atoms with Crippen LogP contribution in [-0.4, -0.2) is 47.0 Å². The number of hydrogen-bond acceptors (Lipinski definition) is 7. The van der Waals surface area contributed by atoms with Crippen molar-refractivity contribution >= 4 is 5.82 Å². The van der Waals surface area contributed by atoms with Crippen molar-refractivity contribution in [3.05, 3.63) is 55.1 Å².